The average molecular weight is 363 g/mol. The molecule has 1 aromatic heterocycles. The van der Waals surface area contributed by atoms with Crippen LogP contribution in [-0.2, 0) is 11.2 Å². The number of hydrogen-bond acceptors (Lipinski definition) is 6. The van der Waals surface area contributed by atoms with Gasteiger partial charge in [0.2, 0.25) is 0 Å². The van der Waals surface area contributed by atoms with Crippen LogP contribution in [-0.4, -0.2) is 62.5 Å². The zero-order valence-corrected chi connectivity index (χ0v) is 16.0. The van der Waals surface area contributed by atoms with E-state index in [1.807, 2.05) is 32.8 Å². The Kier molecular flexibility index (Phi) is 4.88. The summed E-state index contributed by atoms with van der Waals surface area (Å²) in [6.45, 7) is 6.74. The van der Waals surface area contributed by atoms with E-state index in [4.69, 9.17) is 4.74 Å². The molecule has 1 N–H and O–H groups in total. The molecule has 0 atom stereocenters. The molecular weight excluding hydrogens is 338 g/mol. The molecule has 0 unspecified atom stereocenters. The zero-order chi connectivity index (χ0) is 18.2. The number of nitrogens with one attached hydrogen (secondary N) is 1. The summed E-state index contributed by atoms with van der Waals surface area (Å²) in [5.74, 6) is -0.125. The van der Waals surface area contributed by atoms with E-state index in [1.165, 1.54) is 11.3 Å². The van der Waals surface area contributed by atoms with Crippen LogP contribution in [0, 0.1) is 0 Å². The number of ether oxygens (including phenoxy) is 1. The lowest BCUT2D eigenvalue weighted by Gasteiger charge is -2.31. The lowest BCUT2D eigenvalue weighted by molar-refractivity contribution is 0.0902. The van der Waals surface area contributed by atoms with E-state index in [-0.39, 0.29) is 17.2 Å². The first-order valence-electron chi connectivity index (χ1n) is 8.48. The highest BCUT2D eigenvalue weighted by atomic mass is 32.1. The summed E-state index contributed by atoms with van der Waals surface area (Å²) >= 11 is 1.43. The van der Waals surface area contributed by atoms with Crippen LogP contribution in [0.1, 0.15) is 39.4 Å². The predicted molar refractivity (Wildman–Crippen MR) is 99.8 cm³/mol. The monoisotopic (exact) mass is 363 g/mol. The normalized spacial score (nSPS) is 19.7. The van der Waals surface area contributed by atoms with Crippen molar-refractivity contribution in [3.05, 3.63) is 28.3 Å². The highest BCUT2D eigenvalue weighted by Crippen LogP contribution is 2.41. The zero-order valence-electron chi connectivity index (χ0n) is 15.2. The van der Waals surface area contributed by atoms with Crippen LogP contribution in [0.25, 0.3) is 0 Å². The molecule has 25 heavy (non-hydrogen) atoms. The fourth-order valence-corrected chi connectivity index (χ4v) is 4.47. The van der Waals surface area contributed by atoms with Crippen molar-refractivity contribution in [1.29, 1.82) is 0 Å². The third-order valence-electron chi connectivity index (χ3n) is 4.33. The molecule has 0 spiro atoms. The van der Waals surface area contributed by atoms with Gasteiger partial charge in [-0.05, 0) is 25.8 Å². The van der Waals surface area contributed by atoms with Crippen LogP contribution < -0.4 is 10.2 Å². The fraction of sp³-hybridized carbons (Fsp3) is 0.556. The minimum Gasteiger partial charge on any atom is -0.383 e. The van der Waals surface area contributed by atoms with Crippen LogP contribution in [0.15, 0.2) is 12.3 Å². The molecule has 1 fully saturated rings. The largest absolute Gasteiger partial charge is 0.383 e. The van der Waals surface area contributed by atoms with E-state index < -0.39 is 0 Å². The minimum atomic E-state index is -0.353. The van der Waals surface area contributed by atoms with Gasteiger partial charge >= 0.3 is 0 Å². The predicted octanol–water partition coefficient (Wildman–Crippen LogP) is 1.91. The first-order chi connectivity index (χ1) is 11.8. The van der Waals surface area contributed by atoms with Crippen LogP contribution in [0.2, 0.25) is 0 Å². The Balaban J connectivity index is 2.08. The number of fused-ring (bicyclic) bond motifs is 1. The van der Waals surface area contributed by atoms with Gasteiger partial charge in [0.15, 0.2) is 5.78 Å². The molecule has 2 aliphatic rings. The summed E-state index contributed by atoms with van der Waals surface area (Å²) in [6.07, 6.45) is 4.00. The van der Waals surface area contributed by atoms with Crippen molar-refractivity contribution in [2.75, 3.05) is 45.3 Å². The number of amides is 1. The van der Waals surface area contributed by atoms with Gasteiger partial charge < -0.3 is 19.9 Å². The van der Waals surface area contributed by atoms with Crippen molar-refractivity contribution in [2.24, 2.45) is 0 Å². The number of rotatable bonds is 4. The maximum atomic E-state index is 13.0. The molecule has 0 bridgehead atoms. The molecule has 0 aromatic carbocycles. The Bertz CT molecular complexity index is 715. The van der Waals surface area contributed by atoms with Crippen molar-refractivity contribution >= 4 is 28.0 Å². The number of nitrogens with zero attached hydrogens (tertiary/aromatic N) is 2. The maximum Gasteiger partial charge on any atom is 0.262 e. The van der Waals surface area contributed by atoms with Crippen LogP contribution in [0.5, 0.6) is 0 Å². The minimum absolute atomic E-state index is 0.0433. The summed E-state index contributed by atoms with van der Waals surface area (Å²) in [7, 11) is 3.76. The molecule has 0 aliphatic carbocycles. The lowest BCUT2D eigenvalue weighted by atomic mass is 9.88. The standard InChI is InChI=1S/C18H25N3O3S/c1-18(2)11-12-14(13(22)5-6-20(3)4)17(21-7-9-24-10-8-21)25-15(12)16(23)19-18/h5-6H,7-11H2,1-4H3,(H,19,23). The highest BCUT2D eigenvalue weighted by molar-refractivity contribution is 7.18. The van der Waals surface area contributed by atoms with E-state index in [9.17, 15) is 9.59 Å². The number of morpholine rings is 1. The first kappa shape index (κ1) is 17.9. The highest BCUT2D eigenvalue weighted by Gasteiger charge is 2.37. The van der Waals surface area contributed by atoms with Crippen LogP contribution in [0.4, 0.5) is 5.00 Å². The molecule has 3 rings (SSSR count). The van der Waals surface area contributed by atoms with Gasteiger partial charge in [-0.2, -0.15) is 0 Å². The third kappa shape index (κ3) is 3.72. The number of ketones is 1. The van der Waals surface area contributed by atoms with E-state index in [1.54, 1.807) is 12.3 Å². The molecule has 2 aliphatic heterocycles. The Morgan fingerprint density at radius 2 is 2.00 bits per heavy atom. The first-order valence-corrected chi connectivity index (χ1v) is 9.30. The van der Waals surface area contributed by atoms with E-state index >= 15 is 0 Å². The Hall–Kier alpha value is -1.86. The molecule has 0 radical (unpaired) electrons. The van der Waals surface area contributed by atoms with Gasteiger partial charge in [0, 0.05) is 45.0 Å². The fourth-order valence-electron chi connectivity index (χ4n) is 3.20. The number of thiophene rings is 1. The Morgan fingerprint density at radius 3 is 2.64 bits per heavy atom. The van der Waals surface area contributed by atoms with Gasteiger partial charge in [0.05, 0.1) is 23.7 Å². The van der Waals surface area contributed by atoms with Crippen molar-refractivity contribution < 1.29 is 14.3 Å². The number of carbonyl (C=O) groups is 2. The van der Waals surface area contributed by atoms with Crippen molar-refractivity contribution in [3.63, 3.8) is 0 Å². The summed E-state index contributed by atoms with van der Waals surface area (Å²) in [5, 5.41) is 3.93. The van der Waals surface area contributed by atoms with Crippen LogP contribution in [0.3, 0.4) is 0 Å². The van der Waals surface area contributed by atoms with E-state index in [0.29, 0.717) is 30.1 Å². The summed E-state index contributed by atoms with van der Waals surface area (Å²) in [4.78, 5) is 30.2. The SMILES string of the molecule is CN(C)C=CC(=O)c1c(N2CCOCC2)sc2c1CC(C)(C)NC2=O. The van der Waals surface area contributed by atoms with Crippen molar-refractivity contribution in [3.8, 4) is 0 Å². The van der Waals surface area contributed by atoms with Gasteiger partial charge in [-0.3, -0.25) is 9.59 Å². The van der Waals surface area contributed by atoms with E-state index in [2.05, 4.69) is 10.2 Å². The van der Waals surface area contributed by atoms with Gasteiger partial charge in [0.25, 0.3) is 5.91 Å². The molecule has 6 nitrogen and oxygen atoms in total. The topological polar surface area (TPSA) is 61.9 Å². The molecule has 3 heterocycles. The van der Waals surface area contributed by atoms with Gasteiger partial charge in [-0.1, -0.05) is 0 Å². The molecule has 1 saturated heterocycles. The Labute approximate surface area is 152 Å². The smallest absolute Gasteiger partial charge is 0.262 e. The van der Waals surface area contributed by atoms with Crippen molar-refractivity contribution in [1.82, 2.24) is 10.2 Å². The second-order valence-electron chi connectivity index (χ2n) is 7.35. The molecule has 136 valence electrons. The number of anilines is 1. The number of hydrogen-bond donors (Lipinski definition) is 1. The number of allylic oxidation sites excluding steroid dienone is 1. The Morgan fingerprint density at radius 1 is 1.32 bits per heavy atom. The summed E-state index contributed by atoms with van der Waals surface area (Å²) in [5.41, 5.74) is 1.21. The molecular formula is C18H25N3O3S. The molecule has 1 aromatic rings. The number of carbonyl (C=O) groups excluding carboxylic acids is 2. The third-order valence-corrected chi connectivity index (χ3v) is 5.63. The average Bonchev–Trinajstić information content (AvgIpc) is 2.91. The van der Waals surface area contributed by atoms with Crippen LogP contribution >= 0.6 is 11.3 Å². The second-order valence-corrected chi connectivity index (χ2v) is 8.35. The summed E-state index contributed by atoms with van der Waals surface area (Å²) < 4.78 is 5.43. The summed E-state index contributed by atoms with van der Waals surface area (Å²) in [6, 6.07) is 0. The van der Waals surface area contributed by atoms with E-state index in [0.717, 1.165) is 23.7 Å². The van der Waals surface area contributed by atoms with Gasteiger partial charge in [-0.25, -0.2) is 0 Å². The maximum absolute atomic E-state index is 13.0. The second kappa shape index (κ2) is 6.80. The molecule has 1 amide bonds. The quantitative estimate of drug-likeness (QED) is 0.654. The van der Waals surface area contributed by atoms with Crippen molar-refractivity contribution in [2.45, 2.75) is 25.8 Å². The van der Waals surface area contributed by atoms with Gasteiger partial charge in [-0.15, -0.1) is 11.3 Å². The van der Waals surface area contributed by atoms with Gasteiger partial charge in [0.1, 0.15) is 5.00 Å². The molecule has 7 heteroatoms. The lowest BCUT2D eigenvalue weighted by Crippen LogP contribution is -2.48. The molecule has 0 saturated carbocycles.